The lowest BCUT2D eigenvalue weighted by atomic mass is 9.80. The lowest BCUT2D eigenvalue weighted by Crippen LogP contribution is -2.43. The molecular formula is C8H11F5. The third-order valence-electron chi connectivity index (χ3n) is 2.59. The largest absolute Gasteiger partial charge is 0.394 e. The molecule has 4 unspecified atom stereocenters. The fourth-order valence-corrected chi connectivity index (χ4v) is 1.64. The standard InChI is InChI=1S/C8H11F5/c1-4-2-3-5(8(11,12)13)7(10)6(4)9/h4-7H,2-3H2,1H3. The van der Waals surface area contributed by atoms with Gasteiger partial charge in [-0.05, 0) is 18.8 Å². The highest BCUT2D eigenvalue weighted by Gasteiger charge is 2.51. The van der Waals surface area contributed by atoms with Crippen LogP contribution in [0.1, 0.15) is 19.8 Å². The minimum atomic E-state index is -4.61. The van der Waals surface area contributed by atoms with E-state index in [1.54, 1.807) is 0 Å². The van der Waals surface area contributed by atoms with Gasteiger partial charge in [-0.1, -0.05) is 6.92 Å². The van der Waals surface area contributed by atoms with Crippen LogP contribution in [-0.2, 0) is 0 Å². The normalized spacial score (nSPS) is 42.0. The average molecular weight is 202 g/mol. The second kappa shape index (κ2) is 3.42. The van der Waals surface area contributed by atoms with Gasteiger partial charge in [0, 0.05) is 0 Å². The first-order chi connectivity index (χ1) is 5.84. The van der Waals surface area contributed by atoms with Crippen molar-refractivity contribution in [3.8, 4) is 0 Å². The first kappa shape index (κ1) is 10.7. The van der Waals surface area contributed by atoms with Crippen LogP contribution in [0.2, 0.25) is 0 Å². The van der Waals surface area contributed by atoms with E-state index in [9.17, 15) is 22.0 Å². The van der Waals surface area contributed by atoms with Gasteiger partial charge in [-0.25, -0.2) is 8.78 Å². The van der Waals surface area contributed by atoms with E-state index < -0.39 is 30.4 Å². The highest BCUT2D eigenvalue weighted by molar-refractivity contribution is 4.89. The van der Waals surface area contributed by atoms with E-state index in [1.807, 2.05) is 0 Å². The van der Waals surface area contributed by atoms with Gasteiger partial charge in [0.2, 0.25) is 0 Å². The predicted octanol–water partition coefficient (Wildman–Crippen LogP) is 3.27. The summed E-state index contributed by atoms with van der Waals surface area (Å²) in [5, 5.41) is 0. The number of alkyl halides is 5. The van der Waals surface area contributed by atoms with Gasteiger partial charge in [-0.3, -0.25) is 0 Å². The third kappa shape index (κ3) is 2.11. The molecule has 0 nitrogen and oxygen atoms in total. The van der Waals surface area contributed by atoms with E-state index in [-0.39, 0.29) is 12.8 Å². The van der Waals surface area contributed by atoms with E-state index >= 15 is 0 Å². The van der Waals surface area contributed by atoms with Crippen molar-refractivity contribution in [2.75, 3.05) is 0 Å². The number of hydrogen-bond acceptors (Lipinski definition) is 0. The maximum Gasteiger partial charge on any atom is 0.394 e. The Hall–Kier alpha value is -0.350. The molecule has 0 heterocycles. The van der Waals surface area contributed by atoms with Crippen molar-refractivity contribution in [1.29, 1.82) is 0 Å². The quantitative estimate of drug-likeness (QED) is 0.529. The van der Waals surface area contributed by atoms with E-state index in [0.717, 1.165) is 0 Å². The molecule has 78 valence electrons. The van der Waals surface area contributed by atoms with Gasteiger partial charge in [0.05, 0.1) is 5.92 Å². The smallest absolute Gasteiger partial charge is 0.244 e. The highest BCUT2D eigenvalue weighted by atomic mass is 19.4. The number of rotatable bonds is 0. The second-order valence-electron chi connectivity index (χ2n) is 3.59. The van der Waals surface area contributed by atoms with Crippen LogP contribution in [0.4, 0.5) is 22.0 Å². The summed E-state index contributed by atoms with van der Waals surface area (Å²) >= 11 is 0. The van der Waals surface area contributed by atoms with Gasteiger partial charge >= 0.3 is 6.18 Å². The topological polar surface area (TPSA) is 0 Å². The Balaban J connectivity index is 2.70. The third-order valence-corrected chi connectivity index (χ3v) is 2.59. The van der Waals surface area contributed by atoms with E-state index in [0.29, 0.717) is 0 Å². The lowest BCUT2D eigenvalue weighted by molar-refractivity contribution is -0.209. The molecule has 5 heteroatoms. The van der Waals surface area contributed by atoms with Crippen LogP contribution in [0, 0.1) is 11.8 Å². The summed E-state index contributed by atoms with van der Waals surface area (Å²) in [5.74, 6) is -2.72. The van der Waals surface area contributed by atoms with Gasteiger partial charge in [0.25, 0.3) is 0 Å². The van der Waals surface area contributed by atoms with Crippen LogP contribution in [-0.4, -0.2) is 18.5 Å². The number of halogens is 5. The molecule has 0 aromatic rings. The van der Waals surface area contributed by atoms with Gasteiger partial charge in [0.1, 0.15) is 12.3 Å². The maximum atomic E-state index is 12.9. The molecule has 1 aliphatic carbocycles. The Morgan fingerprint density at radius 1 is 1.00 bits per heavy atom. The van der Waals surface area contributed by atoms with Crippen molar-refractivity contribution < 1.29 is 22.0 Å². The summed E-state index contributed by atoms with van der Waals surface area (Å²) in [6, 6.07) is 0. The zero-order valence-corrected chi connectivity index (χ0v) is 7.11. The van der Waals surface area contributed by atoms with E-state index in [4.69, 9.17) is 0 Å². The fraction of sp³-hybridized carbons (Fsp3) is 1.00. The zero-order valence-electron chi connectivity index (χ0n) is 7.11. The van der Waals surface area contributed by atoms with Crippen LogP contribution in [0.15, 0.2) is 0 Å². The van der Waals surface area contributed by atoms with E-state index in [2.05, 4.69) is 0 Å². The van der Waals surface area contributed by atoms with Crippen LogP contribution >= 0.6 is 0 Å². The van der Waals surface area contributed by atoms with Gasteiger partial charge < -0.3 is 0 Å². The molecule has 0 N–H and O–H groups in total. The van der Waals surface area contributed by atoms with E-state index in [1.165, 1.54) is 6.92 Å². The highest BCUT2D eigenvalue weighted by Crippen LogP contribution is 2.42. The summed E-state index contributed by atoms with van der Waals surface area (Å²) in [4.78, 5) is 0. The summed E-state index contributed by atoms with van der Waals surface area (Å²) in [6.07, 6.45) is -9.16. The Morgan fingerprint density at radius 3 is 2.00 bits per heavy atom. The van der Waals surface area contributed by atoms with Crippen molar-refractivity contribution in [3.63, 3.8) is 0 Å². The molecule has 13 heavy (non-hydrogen) atoms. The fourth-order valence-electron chi connectivity index (χ4n) is 1.64. The van der Waals surface area contributed by atoms with Gasteiger partial charge in [-0.2, -0.15) is 13.2 Å². The zero-order chi connectivity index (χ0) is 10.2. The maximum absolute atomic E-state index is 12.9. The van der Waals surface area contributed by atoms with Gasteiger partial charge in [0.15, 0.2) is 0 Å². The first-order valence-electron chi connectivity index (χ1n) is 4.19. The summed E-state index contributed by atoms with van der Waals surface area (Å²) in [5.41, 5.74) is 0. The predicted molar refractivity (Wildman–Crippen MR) is 37.7 cm³/mol. The second-order valence-corrected chi connectivity index (χ2v) is 3.59. The molecule has 4 atom stereocenters. The van der Waals surface area contributed by atoms with Crippen LogP contribution in [0.3, 0.4) is 0 Å². The van der Waals surface area contributed by atoms with Crippen molar-refractivity contribution in [1.82, 2.24) is 0 Å². The summed E-state index contributed by atoms with van der Waals surface area (Å²) in [7, 11) is 0. The molecule has 1 saturated carbocycles. The lowest BCUT2D eigenvalue weighted by Gasteiger charge is -2.33. The van der Waals surface area contributed by atoms with Crippen LogP contribution < -0.4 is 0 Å². The molecule has 0 radical (unpaired) electrons. The molecule has 0 amide bonds. The Labute approximate surface area is 73.1 Å². The number of hydrogen-bond donors (Lipinski definition) is 0. The Morgan fingerprint density at radius 2 is 1.54 bits per heavy atom. The van der Waals surface area contributed by atoms with Crippen molar-refractivity contribution >= 4 is 0 Å². The molecule has 1 aliphatic rings. The van der Waals surface area contributed by atoms with Crippen molar-refractivity contribution in [3.05, 3.63) is 0 Å². The monoisotopic (exact) mass is 202 g/mol. The first-order valence-corrected chi connectivity index (χ1v) is 4.19. The van der Waals surface area contributed by atoms with Gasteiger partial charge in [-0.15, -0.1) is 0 Å². The molecular weight excluding hydrogens is 191 g/mol. The molecule has 0 aromatic carbocycles. The minimum absolute atomic E-state index is 0.103. The molecule has 0 aromatic heterocycles. The van der Waals surface area contributed by atoms with Crippen molar-refractivity contribution in [2.24, 2.45) is 11.8 Å². The summed E-state index contributed by atoms with van der Waals surface area (Å²) in [6.45, 7) is 1.43. The molecule has 0 bridgehead atoms. The molecule has 0 spiro atoms. The SMILES string of the molecule is CC1CCC(C(F)(F)F)C(F)C1F. The minimum Gasteiger partial charge on any atom is -0.244 e. The summed E-state index contributed by atoms with van der Waals surface area (Å²) < 4.78 is 62.0. The Kier molecular flexibility index (Phi) is 2.82. The molecule has 1 rings (SSSR count). The molecule has 0 saturated heterocycles. The molecule has 1 fully saturated rings. The van der Waals surface area contributed by atoms with Crippen LogP contribution in [0.5, 0.6) is 0 Å². The van der Waals surface area contributed by atoms with Crippen molar-refractivity contribution in [2.45, 2.75) is 38.3 Å². The Bertz CT molecular complexity index is 176. The average Bonchev–Trinajstić information content (AvgIpc) is 1.98. The van der Waals surface area contributed by atoms with Crippen LogP contribution in [0.25, 0.3) is 0 Å². The molecule has 0 aliphatic heterocycles.